The van der Waals surface area contributed by atoms with Gasteiger partial charge in [-0.05, 0) is 19.9 Å². The molecule has 0 N–H and O–H groups in total. The Morgan fingerprint density at radius 2 is 2.00 bits per heavy atom. The molecule has 0 spiro atoms. The Morgan fingerprint density at radius 3 is 2.44 bits per heavy atom. The van der Waals surface area contributed by atoms with E-state index in [2.05, 4.69) is 20.7 Å². The number of hydrogen-bond acceptors (Lipinski definition) is 4. The van der Waals surface area contributed by atoms with Crippen LogP contribution in [0, 0.1) is 24.0 Å². The lowest BCUT2D eigenvalue weighted by Crippen LogP contribution is -2.07. The third-order valence-corrected chi connectivity index (χ3v) is 3.16. The van der Waals surface area contributed by atoms with Gasteiger partial charge < -0.3 is 4.74 Å². The molecule has 0 aromatic heterocycles. The number of hydrogen-bond donors (Lipinski definition) is 0. The van der Waals surface area contributed by atoms with Crippen molar-refractivity contribution in [3.63, 3.8) is 0 Å². The molecule has 1 aromatic rings. The van der Waals surface area contributed by atoms with Gasteiger partial charge in [-0.2, -0.15) is 0 Å². The molecule has 0 heterocycles. The fourth-order valence-corrected chi connectivity index (χ4v) is 1.88. The predicted molar refractivity (Wildman–Crippen MR) is 61.6 cm³/mol. The van der Waals surface area contributed by atoms with Gasteiger partial charge in [-0.1, -0.05) is 15.9 Å². The molecule has 0 saturated heterocycles. The predicted octanol–water partition coefficient (Wildman–Crippen LogP) is 2.76. The van der Waals surface area contributed by atoms with Gasteiger partial charge in [0.25, 0.3) is 5.69 Å². The molecule has 0 aliphatic carbocycles. The Kier molecular flexibility index (Phi) is 3.64. The van der Waals surface area contributed by atoms with Crippen molar-refractivity contribution in [3.8, 4) is 0 Å². The number of benzene rings is 1. The van der Waals surface area contributed by atoms with Gasteiger partial charge in [0.2, 0.25) is 0 Å². The molecule has 0 unspecified atom stereocenters. The van der Waals surface area contributed by atoms with Crippen LogP contribution in [0.2, 0.25) is 0 Å². The molecule has 6 heteroatoms. The zero-order valence-corrected chi connectivity index (χ0v) is 10.6. The Labute approximate surface area is 101 Å². The van der Waals surface area contributed by atoms with E-state index in [1.54, 1.807) is 6.92 Å². The van der Waals surface area contributed by atoms with Gasteiger partial charge in [-0.15, -0.1) is 0 Å². The van der Waals surface area contributed by atoms with Gasteiger partial charge >= 0.3 is 5.97 Å². The van der Waals surface area contributed by atoms with Gasteiger partial charge in [0.15, 0.2) is 0 Å². The first-order valence-corrected chi connectivity index (χ1v) is 5.21. The maximum absolute atomic E-state index is 11.4. The summed E-state index contributed by atoms with van der Waals surface area (Å²) in [5, 5.41) is 10.9. The van der Waals surface area contributed by atoms with E-state index in [1.165, 1.54) is 20.1 Å². The Balaban J connectivity index is 3.56. The number of nitro benzene ring substituents is 1. The highest BCUT2D eigenvalue weighted by Gasteiger charge is 2.23. The molecular formula is C10H10BrNO4. The first-order chi connectivity index (χ1) is 7.40. The highest BCUT2D eigenvalue weighted by molar-refractivity contribution is 9.10. The number of rotatable bonds is 2. The molecule has 86 valence electrons. The number of halogens is 1. The Bertz CT molecular complexity index is 470. The largest absolute Gasteiger partial charge is 0.465 e. The quantitative estimate of drug-likeness (QED) is 0.476. The number of carbonyl (C=O) groups is 1. The minimum atomic E-state index is -0.582. The highest BCUT2D eigenvalue weighted by atomic mass is 79.9. The van der Waals surface area contributed by atoms with Crippen molar-refractivity contribution in [2.75, 3.05) is 7.11 Å². The molecule has 1 aromatic carbocycles. The van der Waals surface area contributed by atoms with E-state index in [-0.39, 0.29) is 11.3 Å². The highest BCUT2D eigenvalue weighted by Crippen LogP contribution is 2.32. The molecule has 0 aliphatic rings. The molecule has 0 bridgehead atoms. The first kappa shape index (κ1) is 12.6. The van der Waals surface area contributed by atoms with Crippen LogP contribution in [0.4, 0.5) is 5.69 Å². The van der Waals surface area contributed by atoms with Gasteiger partial charge in [0.05, 0.1) is 17.6 Å². The van der Waals surface area contributed by atoms with E-state index < -0.39 is 10.9 Å². The molecule has 1 rings (SSSR count). The number of carbonyl (C=O) groups excluding carboxylic acids is 1. The summed E-state index contributed by atoms with van der Waals surface area (Å²) < 4.78 is 5.08. The second-order valence-corrected chi connectivity index (χ2v) is 4.11. The van der Waals surface area contributed by atoms with Gasteiger partial charge in [0.1, 0.15) is 0 Å². The summed E-state index contributed by atoms with van der Waals surface area (Å²) in [6.07, 6.45) is 0. The maximum Gasteiger partial charge on any atom is 0.338 e. The molecule has 16 heavy (non-hydrogen) atoms. The smallest absolute Gasteiger partial charge is 0.338 e. The standard InChI is InChI=1S/C10H10BrNO4/c1-5-7(10(13)16-3)4-8(11)6(2)9(5)12(14)15/h4H,1-3H3. The summed E-state index contributed by atoms with van der Waals surface area (Å²) in [5.74, 6) is -0.582. The van der Waals surface area contributed by atoms with E-state index >= 15 is 0 Å². The molecule has 0 saturated carbocycles. The second-order valence-electron chi connectivity index (χ2n) is 3.25. The van der Waals surface area contributed by atoms with Crippen LogP contribution in [0.15, 0.2) is 10.5 Å². The minimum absolute atomic E-state index is 0.0604. The Morgan fingerprint density at radius 1 is 1.44 bits per heavy atom. The molecule has 0 aliphatic heterocycles. The van der Waals surface area contributed by atoms with E-state index in [0.717, 1.165) is 0 Å². The summed E-state index contributed by atoms with van der Waals surface area (Å²) in [4.78, 5) is 21.8. The van der Waals surface area contributed by atoms with Crippen molar-refractivity contribution < 1.29 is 14.5 Å². The lowest BCUT2D eigenvalue weighted by Gasteiger charge is -2.08. The SMILES string of the molecule is COC(=O)c1cc(Br)c(C)c([N+](=O)[O-])c1C. The van der Waals surface area contributed by atoms with Crippen LogP contribution < -0.4 is 0 Å². The third kappa shape index (κ3) is 2.06. The van der Waals surface area contributed by atoms with E-state index in [9.17, 15) is 14.9 Å². The van der Waals surface area contributed by atoms with Crippen LogP contribution in [-0.2, 0) is 4.74 Å². The van der Waals surface area contributed by atoms with Gasteiger partial charge in [0, 0.05) is 15.6 Å². The lowest BCUT2D eigenvalue weighted by atomic mass is 10.0. The average molecular weight is 288 g/mol. The zero-order chi connectivity index (χ0) is 12.5. The van der Waals surface area contributed by atoms with Crippen LogP contribution in [0.25, 0.3) is 0 Å². The van der Waals surface area contributed by atoms with Crippen molar-refractivity contribution in [1.29, 1.82) is 0 Å². The molecule has 0 amide bonds. The average Bonchev–Trinajstić information content (AvgIpc) is 2.22. The summed E-state index contributed by atoms with van der Waals surface area (Å²) >= 11 is 3.18. The summed E-state index contributed by atoms with van der Waals surface area (Å²) in [7, 11) is 1.24. The second kappa shape index (κ2) is 4.61. The van der Waals surface area contributed by atoms with Gasteiger partial charge in [-0.25, -0.2) is 4.79 Å². The van der Waals surface area contributed by atoms with E-state index in [1.807, 2.05) is 0 Å². The van der Waals surface area contributed by atoms with Crippen LogP contribution in [0.1, 0.15) is 21.5 Å². The lowest BCUT2D eigenvalue weighted by molar-refractivity contribution is -0.386. The molecular weight excluding hydrogens is 278 g/mol. The molecule has 0 fully saturated rings. The fourth-order valence-electron chi connectivity index (χ4n) is 1.46. The summed E-state index contributed by atoms with van der Waals surface area (Å²) in [6, 6.07) is 1.53. The van der Waals surface area contributed by atoms with Crippen molar-refractivity contribution in [1.82, 2.24) is 0 Å². The molecule has 0 atom stereocenters. The van der Waals surface area contributed by atoms with Crippen molar-refractivity contribution >= 4 is 27.6 Å². The maximum atomic E-state index is 11.4. The van der Waals surface area contributed by atoms with Crippen LogP contribution in [-0.4, -0.2) is 18.0 Å². The summed E-state index contributed by atoms with van der Waals surface area (Å²) in [5.41, 5.74) is 0.953. The van der Waals surface area contributed by atoms with E-state index in [0.29, 0.717) is 15.6 Å². The van der Waals surface area contributed by atoms with Gasteiger partial charge in [-0.3, -0.25) is 10.1 Å². The van der Waals surface area contributed by atoms with Crippen molar-refractivity contribution in [2.24, 2.45) is 0 Å². The van der Waals surface area contributed by atoms with E-state index in [4.69, 9.17) is 0 Å². The van der Waals surface area contributed by atoms with Crippen LogP contribution in [0.3, 0.4) is 0 Å². The first-order valence-electron chi connectivity index (χ1n) is 4.42. The number of ether oxygens (including phenoxy) is 1. The number of esters is 1. The fraction of sp³-hybridized carbons (Fsp3) is 0.300. The Hall–Kier alpha value is -1.43. The molecule has 5 nitrogen and oxygen atoms in total. The summed E-state index contributed by atoms with van der Waals surface area (Å²) in [6.45, 7) is 3.15. The third-order valence-electron chi connectivity index (χ3n) is 2.33. The monoisotopic (exact) mass is 287 g/mol. The number of methoxy groups -OCH3 is 1. The van der Waals surface area contributed by atoms with Crippen LogP contribution in [0.5, 0.6) is 0 Å². The number of nitro groups is 1. The number of nitrogens with zero attached hydrogens (tertiary/aromatic N) is 1. The topological polar surface area (TPSA) is 69.4 Å². The minimum Gasteiger partial charge on any atom is -0.465 e. The molecule has 0 radical (unpaired) electrons. The zero-order valence-electron chi connectivity index (χ0n) is 9.04. The normalized spacial score (nSPS) is 10.0. The van der Waals surface area contributed by atoms with Crippen molar-refractivity contribution in [2.45, 2.75) is 13.8 Å². The van der Waals surface area contributed by atoms with Crippen molar-refractivity contribution in [3.05, 3.63) is 37.3 Å². The van der Waals surface area contributed by atoms with Crippen LogP contribution >= 0.6 is 15.9 Å².